The highest BCUT2D eigenvalue weighted by Crippen LogP contribution is 2.50. The molecule has 0 spiro atoms. The lowest BCUT2D eigenvalue weighted by atomic mass is 9.92. The van der Waals surface area contributed by atoms with Crippen LogP contribution in [0.5, 0.6) is 0 Å². The number of hydrogen-bond acceptors (Lipinski definition) is 3. The SMILES string of the molecule is Cc1ccccc1C1(C(=O)OCC2CCCCO2)CC1. The van der Waals surface area contributed by atoms with Gasteiger partial charge >= 0.3 is 5.97 Å². The van der Waals surface area contributed by atoms with Crippen molar-refractivity contribution in [1.82, 2.24) is 0 Å². The predicted molar refractivity (Wildman–Crippen MR) is 76.6 cm³/mol. The number of ether oxygens (including phenoxy) is 2. The smallest absolute Gasteiger partial charge is 0.316 e. The molecule has 1 heterocycles. The summed E-state index contributed by atoms with van der Waals surface area (Å²) >= 11 is 0. The minimum Gasteiger partial charge on any atom is -0.462 e. The zero-order valence-electron chi connectivity index (χ0n) is 12.1. The molecule has 0 bridgehead atoms. The summed E-state index contributed by atoms with van der Waals surface area (Å²) in [7, 11) is 0. The zero-order valence-corrected chi connectivity index (χ0v) is 12.1. The molecule has 1 unspecified atom stereocenters. The Morgan fingerprint density at radius 1 is 1.35 bits per heavy atom. The minimum absolute atomic E-state index is 0.0685. The Bertz CT molecular complexity index is 485. The van der Waals surface area contributed by atoms with Gasteiger partial charge in [0.2, 0.25) is 0 Å². The van der Waals surface area contributed by atoms with E-state index in [2.05, 4.69) is 19.1 Å². The van der Waals surface area contributed by atoms with Gasteiger partial charge in [-0.05, 0) is 50.2 Å². The van der Waals surface area contributed by atoms with Crippen LogP contribution in [0.2, 0.25) is 0 Å². The van der Waals surface area contributed by atoms with Crippen molar-refractivity contribution < 1.29 is 14.3 Å². The van der Waals surface area contributed by atoms with E-state index in [0.29, 0.717) is 6.61 Å². The van der Waals surface area contributed by atoms with Gasteiger partial charge in [0, 0.05) is 6.61 Å². The van der Waals surface area contributed by atoms with Gasteiger partial charge in [-0.25, -0.2) is 0 Å². The number of carbonyl (C=O) groups is 1. The van der Waals surface area contributed by atoms with E-state index in [1.165, 1.54) is 12.0 Å². The lowest BCUT2D eigenvalue weighted by molar-refractivity contribution is -0.152. The molecule has 2 aliphatic rings. The number of esters is 1. The fourth-order valence-corrected chi connectivity index (χ4v) is 3.06. The van der Waals surface area contributed by atoms with E-state index in [1.807, 2.05) is 12.1 Å². The van der Waals surface area contributed by atoms with E-state index >= 15 is 0 Å². The molecule has 3 nitrogen and oxygen atoms in total. The molecule has 108 valence electrons. The topological polar surface area (TPSA) is 35.5 Å². The number of aryl methyl sites for hydroxylation is 1. The van der Waals surface area contributed by atoms with Crippen LogP contribution in [0.15, 0.2) is 24.3 Å². The highest BCUT2D eigenvalue weighted by molar-refractivity contribution is 5.87. The van der Waals surface area contributed by atoms with Gasteiger partial charge in [-0.15, -0.1) is 0 Å². The van der Waals surface area contributed by atoms with Crippen molar-refractivity contribution in [3.63, 3.8) is 0 Å². The largest absolute Gasteiger partial charge is 0.462 e. The highest BCUT2D eigenvalue weighted by Gasteiger charge is 2.53. The van der Waals surface area contributed by atoms with Crippen LogP contribution in [-0.4, -0.2) is 25.3 Å². The van der Waals surface area contributed by atoms with E-state index in [-0.39, 0.29) is 17.5 Å². The molecule has 1 atom stereocenters. The third-order valence-corrected chi connectivity index (χ3v) is 4.48. The van der Waals surface area contributed by atoms with Crippen LogP contribution in [-0.2, 0) is 19.7 Å². The minimum atomic E-state index is -0.375. The van der Waals surface area contributed by atoms with E-state index < -0.39 is 0 Å². The van der Waals surface area contributed by atoms with Crippen molar-refractivity contribution in [2.75, 3.05) is 13.2 Å². The van der Waals surface area contributed by atoms with Crippen LogP contribution in [0.3, 0.4) is 0 Å². The molecule has 3 heteroatoms. The van der Waals surface area contributed by atoms with Gasteiger partial charge in [0.25, 0.3) is 0 Å². The van der Waals surface area contributed by atoms with Crippen molar-refractivity contribution >= 4 is 5.97 Å². The second-order valence-corrected chi connectivity index (χ2v) is 5.98. The van der Waals surface area contributed by atoms with Crippen molar-refractivity contribution in [2.24, 2.45) is 0 Å². The number of carbonyl (C=O) groups excluding carboxylic acids is 1. The van der Waals surface area contributed by atoms with Crippen LogP contribution < -0.4 is 0 Å². The fraction of sp³-hybridized carbons (Fsp3) is 0.588. The van der Waals surface area contributed by atoms with Crippen molar-refractivity contribution in [3.05, 3.63) is 35.4 Å². The first-order chi connectivity index (χ1) is 9.72. The van der Waals surface area contributed by atoms with Crippen LogP contribution in [0.4, 0.5) is 0 Å². The summed E-state index contributed by atoms with van der Waals surface area (Å²) < 4.78 is 11.2. The average Bonchev–Trinajstić information content (AvgIpc) is 3.28. The van der Waals surface area contributed by atoms with Gasteiger partial charge in [0.15, 0.2) is 0 Å². The summed E-state index contributed by atoms with van der Waals surface area (Å²) in [5, 5.41) is 0. The Morgan fingerprint density at radius 3 is 2.80 bits per heavy atom. The summed E-state index contributed by atoms with van der Waals surface area (Å²) in [6.45, 7) is 3.27. The monoisotopic (exact) mass is 274 g/mol. The predicted octanol–water partition coefficient (Wildman–Crippen LogP) is 3.14. The van der Waals surface area contributed by atoms with Crippen LogP contribution >= 0.6 is 0 Å². The molecule has 0 aromatic heterocycles. The first-order valence-electron chi connectivity index (χ1n) is 7.57. The molecule has 1 aliphatic carbocycles. The molecular formula is C17H22O3. The van der Waals surface area contributed by atoms with Gasteiger partial charge in [0.05, 0.1) is 11.5 Å². The lowest BCUT2D eigenvalue weighted by Gasteiger charge is -2.24. The van der Waals surface area contributed by atoms with Crippen molar-refractivity contribution in [3.8, 4) is 0 Å². The van der Waals surface area contributed by atoms with Crippen LogP contribution in [0.1, 0.15) is 43.2 Å². The molecule has 1 saturated heterocycles. The summed E-state index contributed by atoms with van der Waals surface area (Å²) in [5.41, 5.74) is 1.94. The average molecular weight is 274 g/mol. The quantitative estimate of drug-likeness (QED) is 0.791. The fourth-order valence-electron chi connectivity index (χ4n) is 3.06. The summed E-state index contributed by atoms with van der Waals surface area (Å²) in [6, 6.07) is 8.13. The van der Waals surface area contributed by atoms with Gasteiger partial charge in [-0.2, -0.15) is 0 Å². The molecular weight excluding hydrogens is 252 g/mol. The van der Waals surface area contributed by atoms with E-state index in [4.69, 9.17) is 9.47 Å². The van der Waals surface area contributed by atoms with Gasteiger partial charge < -0.3 is 9.47 Å². The second-order valence-electron chi connectivity index (χ2n) is 5.98. The number of hydrogen-bond donors (Lipinski definition) is 0. The molecule has 20 heavy (non-hydrogen) atoms. The van der Waals surface area contributed by atoms with Crippen molar-refractivity contribution in [1.29, 1.82) is 0 Å². The number of rotatable bonds is 4. The van der Waals surface area contributed by atoms with E-state index in [0.717, 1.165) is 37.9 Å². The maximum Gasteiger partial charge on any atom is 0.316 e. The highest BCUT2D eigenvalue weighted by atomic mass is 16.6. The zero-order chi connectivity index (χ0) is 14.0. The third-order valence-electron chi connectivity index (χ3n) is 4.48. The third kappa shape index (κ3) is 2.59. The lowest BCUT2D eigenvalue weighted by Crippen LogP contribution is -2.30. The molecule has 2 fully saturated rings. The Labute approximate surface area is 120 Å². The Hall–Kier alpha value is -1.35. The Morgan fingerprint density at radius 2 is 2.15 bits per heavy atom. The normalized spacial score (nSPS) is 24.1. The van der Waals surface area contributed by atoms with Crippen molar-refractivity contribution in [2.45, 2.75) is 50.5 Å². The summed E-state index contributed by atoms with van der Waals surface area (Å²) in [6.07, 6.45) is 5.21. The molecule has 0 amide bonds. The Kier molecular flexibility index (Phi) is 3.79. The maximum atomic E-state index is 12.4. The standard InChI is InChI=1S/C17H22O3/c1-13-6-2-3-8-15(13)17(9-10-17)16(18)20-12-14-7-4-5-11-19-14/h2-3,6,8,14H,4-5,7,9-12H2,1H3. The summed E-state index contributed by atoms with van der Waals surface area (Å²) in [4.78, 5) is 12.4. The van der Waals surface area contributed by atoms with E-state index in [9.17, 15) is 4.79 Å². The molecule has 1 saturated carbocycles. The van der Waals surface area contributed by atoms with Gasteiger partial charge in [-0.1, -0.05) is 24.3 Å². The van der Waals surface area contributed by atoms with Crippen LogP contribution in [0, 0.1) is 6.92 Å². The molecule has 1 aromatic carbocycles. The molecule has 0 radical (unpaired) electrons. The van der Waals surface area contributed by atoms with E-state index in [1.54, 1.807) is 0 Å². The van der Waals surface area contributed by atoms with Crippen LogP contribution in [0.25, 0.3) is 0 Å². The molecule has 0 N–H and O–H groups in total. The molecule has 1 aromatic rings. The molecule has 1 aliphatic heterocycles. The second kappa shape index (κ2) is 5.57. The van der Waals surface area contributed by atoms with Gasteiger partial charge in [-0.3, -0.25) is 4.79 Å². The van der Waals surface area contributed by atoms with Gasteiger partial charge in [0.1, 0.15) is 6.61 Å². The Balaban J connectivity index is 1.63. The first kappa shape index (κ1) is 13.6. The number of benzene rings is 1. The summed E-state index contributed by atoms with van der Waals surface area (Å²) in [5.74, 6) is -0.0685. The molecule has 3 rings (SSSR count). The maximum absolute atomic E-state index is 12.4. The first-order valence-corrected chi connectivity index (χ1v) is 7.57.